The molecule has 2 aromatic carbocycles. The van der Waals surface area contributed by atoms with E-state index in [1.165, 1.54) is 31.4 Å². The van der Waals surface area contributed by atoms with Gasteiger partial charge in [-0.05, 0) is 29.8 Å². The molecule has 0 amide bonds. The van der Waals surface area contributed by atoms with Gasteiger partial charge in [0, 0.05) is 17.7 Å². The van der Waals surface area contributed by atoms with Crippen LogP contribution in [0.15, 0.2) is 36.4 Å². The summed E-state index contributed by atoms with van der Waals surface area (Å²) in [5.41, 5.74) is 0.732. The maximum atomic E-state index is 13.7. The van der Waals surface area contributed by atoms with E-state index in [1.807, 2.05) is 0 Å². The van der Waals surface area contributed by atoms with Crippen LogP contribution in [0.2, 0.25) is 0 Å². The molecule has 2 aromatic rings. The Morgan fingerprint density at radius 3 is 2.50 bits per heavy atom. The first-order valence-electron chi connectivity index (χ1n) is 5.98. The topological polar surface area (TPSA) is 38.7 Å². The van der Waals surface area contributed by atoms with Gasteiger partial charge < -0.3 is 14.6 Å². The highest BCUT2D eigenvalue weighted by molar-refractivity contribution is 5.31. The molecule has 0 radical (unpaired) electrons. The maximum absolute atomic E-state index is 13.7. The molecule has 0 aliphatic rings. The van der Waals surface area contributed by atoms with Crippen LogP contribution in [0.5, 0.6) is 11.5 Å². The number of aliphatic hydroxyl groups excluding tert-OH is 1. The fraction of sp³-hybridized carbons (Fsp3) is 0.200. The molecule has 5 heteroatoms. The number of rotatable bonds is 5. The summed E-state index contributed by atoms with van der Waals surface area (Å²) in [6.07, 6.45) is 0. The molecule has 0 saturated carbocycles. The third kappa shape index (κ3) is 3.45. The van der Waals surface area contributed by atoms with Crippen molar-refractivity contribution in [3.8, 4) is 11.5 Å². The summed E-state index contributed by atoms with van der Waals surface area (Å²) in [7, 11) is 1.45. The van der Waals surface area contributed by atoms with E-state index in [2.05, 4.69) is 0 Å². The Morgan fingerprint density at radius 2 is 1.85 bits per heavy atom. The molecule has 0 aromatic heterocycles. The molecule has 0 bridgehead atoms. The van der Waals surface area contributed by atoms with Crippen LogP contribution in [0.4, 0.5) is 8.78 Å². The van der Waals surface area contributed by atoms with E-state index < -0.39 is 11.6 Å². The van der Waals surface area contributed by atoms with Crippen molar-refractivity contribution >= 4 is 0 Å². The third-order valence-electron chi connectivity index (χ3n) is 2.77. The van der Waals surface area contributed by atoms with E-state index in [4.69, 9.17) is 14.6 Å². The van der Waals surface area contributed by atoms with E-state index in [-0.39, 0.29) is 19.0 Å². The first-order valence-corrected chi connectivity index (χ1v) is 5.98. The summed E-state index contributed by atoms with van der Waals surface area (Å²) in [6, 6.07) is 8.31. The molecule has 0 spiro atoms. The zero-order valence-electron chi connectivity index (χ0n) is 10.9. The molecule has 0 heterocycles. The van der Waals surface area contributed by atoms with E-state index in [9.17, 15) is 8.78 Å². The van der Waals surface area contributed by atoms with Crippen LogP contribution in [0.1, 0.15) is 11.1 Å². The molecule has 0 aliphatic heterocycles. The molecule has 0 saturated heterocycles. The van der Waals surface area contributed by atoms with Crippen molar-refractivity contribution in [3.63, 3.8) is 0 Å². The lowest BCUT2D eigenvalue weighted by molar-refractivity contribution is 0.275. The number of benzene rings is 2. The minimum absolute atomic E-state index is 0.0376. The predicted molar refractivity (Wildman–Crippen MR) is 69.6 cm³/mol. The molecule has 0 unspecified atom stereocenters. The van der Waals surface area contributed by atoms with Crippen LogP contribution in [0, 0.1) is 11.6 Å². The van der Waals surface area contributed by atoms with Crippen molar-refractivity contribution in [2.24, 2.45) is 0 Å². The van der Waals surface area contributed by atoms with Crippen molar-refractivity contribution < 1.29 is 23.4 Å². The first-order chi connectivity index (χ1) is 9.62. The number of hydrogen-bond acceptors (Lipinski definition) is 3. The Morgan fingerprint density at radius 1 is 1.05 bits per heavy atom. The predicted octanol–water partition coefficient (Wildman–Crippen LogP) is 3.04. The lowest BCUT2D eigenvalue weighted by Gasteiger charge is -2.09. The quantitative estimate of drug-likeness (QED) is 0.915. The summed E-state index contributed by atoms with van der Waals surface area (Å²) in [6.45, 7) is -0.324. The highest BCUT2D eigenvalue weighted by Crippen LogP contribution is 2.20. The summed E-state index contributed by atoms with van der Waals surface area (Å²) in [4.78, 5) is 0. The van der Waals surface area contributed by atoms with Gasteiger partial charge in [0.1, 0.15) is 29.7 Å². The van der Waals surface area contributed by atoms with Gasteiger partial charge in [0.15, 0.2) is 0 Å². The first kappa shape index (κ1) is 14.3. The summed E-state index contributed by atoms with van der Waals surface area (Å²) in [5, 5.41) is 8.98. The Kier molecular flexibility index (Phi) is 4.53. The highest BCUT2D eigenvalue weighted by Gasteiger charge is 2.06. The van der Waals surface area contributed by atoms with E-state index >= 15 is 0 Å². The number of hydrogen-bond donors (Lipinski definition) is 1. The minimum atomic E-state index is -0.512. The van der Waals surface area contributed by atoms with Crippen molar-refractivity contribution in [2.75, 3.05) is 7.11 Å². The zero-order chi connectivity index (χ0) is 14.5. The average molecular weight is 280 g/mol. The fourth-order valence-electron chi connectivity index (χ4n) is 1.73. The van der Waals surface area contributed by atoms with Gasteiger partial charge in [0.05, 0.1) is 13.7 Å². The van der Waals surface area contributed by atoms with Gasteiger partial charge in [0.2, 0.25) is 0 Å². The Hall–Kier alpha value is -2.14. The molecule has 3 nitrogen and oxygen atoms in total. The van der Waals surface area contributed by atoms with Gasteiger partial charge in [-0.3, -0.25) is 0 Å². The van der Waals surface area contributed by atoms with Gasteiger partial charge in [-0.15, -0.1) is 0 Å². The standard InChI is InChI=1S/C15H14F2O3/c1-19-13-3-2-11(15(17)7-13)9-20-14-5-10(8-18)4-12(16)6-14/h2-7,18H,8-9H2,1H3. The molecule has 20 heavy (non-hydrogen) atoms. The van der Waals surface area contributed by atoms with Crippen molar-refractivity contribution in [1.29, 1.82) is 0 Å². The second-order valence-electron chi connectivity index (χ2n) is 4.20. The van der Waals surface area contributed by atoms with Crippen molar-refractivity contribution in [2.45, 2.75) is 13.2 Å². The monoisotopic (exact) mass is 280 g/mol. The van der Waals surface area contributed by atoms with E-state index in [0.29, 0.717) is 16.9 Å². The highest BCUT2D eigenvalue weighted by atomic mass is 19.1. The largest absolute Gasteiger partial charge is 0.497 e. The molecular formula is C15H14F2O3. The van der Waals surface area contributed by atoms with Gasteiger partial charge in [-0.25, -0.2) is 8.78 Å². The van der Waals surface area contributed by atoms with Crippen LogP contribution in [0.25, 0.3) is 0 Å². The van der Waals surface area contributed by atoms with Crippen LogP contribution >= 0.6 is 0 Å². The van der Waals surface area contributed by atoms with Crippen LogP contribution < -0.4 is 9.47 Å². The van der Waals surface area contributed by atoms with E-state index in [0.717, 1.165) is 0 Å². The van der Waals surface area contributed by atoms with Crippen LogP contribution in [0.3, 0.4) is 0 Å². The SMILES string of the molecule is COc1ccc(COc2cc(F)cc(CO)c2)c(F)c1. The second kappa shape index (κ2) is 6.34. The second-order valence-corrected chi connectivity index (χ2v) is 4.20. The van der Waals surface area contributed by atoms with Gasteiger partial charge >= 0.3 is 0 Å². The molecule has 0 aliphatic carbocycles. The molecular weight excluding hydrogens is 266 g/mol. The Balaban J connectivity index is 2.10. The minimum Gasteiger partial charge on any atom is -0.497 e. The number of ether oxygens (including phenoxy) is 2. The average Bonchev–Trinajstić information content (AvgIpc) is 2.45. The van der Waals surface area contributed by atoms with Crippen LogP contribution in [-0.4, -0.2) is 12.2 Å². The van der Waals surface area contributed by atoms with Gasteiger partial charge in [-0.1, -0.05) is 0 Å². The third-order valence-corrected chi connectivity index (χ3v) is 2.77. The fourth-order valence-corrected chi connectivity index (χ4v) is 1.73. The number of methoxy groups -OCH3 is 1. The lowest BCUT2D eigenvalue weighted by atomic mass is 10.2. The van der Waals surface area contributed by atoms with Crippen LogP contribution in [-0.2, 0) is 13.2 Å². The molecule has 0 fully saturated rings. The Bertz CT molecular complexity index is 600. The summed E-state index contributed by atoms with van der Waals surface area (Å²) < 4.78 is 37.2. The lowest BCUT2D eigenvalue weighted by Crippen LogP contribution is -2.00. The van der Waals surface area contributed by atoms with E-state index in [1.54, 1.807) is 12.1 Å². The smallest absolute Gasteiger partial charge is 0.133 e. The molecule has 0 atom stereocenters. The maximum Gasteiger partial charge on any atom is 0.133 e. The Labute approximate surface area is 115 Å². The summed E-state index contributed by atoms with van der Waals surface area (Å²) >= 11 is 0. The molecule has 2 rings (SSSR count). The molecule has 1 N–H and O–H groups in total. The van der Waals surface area contributed by atoms with Crippen molar-refractivity contribution in [3.05, 3.63) is 59.2 Å². The summed E-state index contributed by atoms with van der Waals surface area (Å²) in [5.74, 6) is -0.311. The van der Waals surface area contributed by atoms with Crippen molar-refractivity contribution in [1.82, 2.24) is 0 Å². The normalized spacial score (nSPS) is 10.4. The number of aliphatic hydroxyl groups is 1. The molecule has 106 valence electrons. The zero-order valence-corrected chi connectivity index (χ0v) is 10.9. The number of halogens is 2. The van der Waals surface area contributed by atoms with Gasteiger partial charge in [0.25, 0.3) is 0 Å². The van der Waals surface area contributed by atoms with Gasteiger partial charge in [-0.2, -0.15) is 0 Å².